The number of nitrogens with one attached hydrogen (secondary N) is 2. The van der Waals surface area contributed by atoms with Crippen LogP contribution >= 0.6 is 0 Å². The Morgan fingerprint density at radius 1 is 1.15 bits per heavy atom. The number of hydrogen-bond donors (Lipinski definition) is 2. The first-order chi connectivity index (χ1) is 9.58. The molecular weight excluding hydrogens is 252 g/mol. The zero-order valence-electron chi connectivity index (χ0n) is 12.6. The molecule has 0 saturated carbocycles. The van der Waals surface area contributed by atoms with Crippen LogP contribution in [0.1, 0.15) is 30.4 Å². The van der Waals surface area contributed by atoms with Gasteiger partial charge in [0, 0.05) is 38.0 Å². The normalized spacial score (nSPS) is 10.6. The standard InChI is InChI=1S/C14H22N6/c1-5-6-15-13-7-14(18-11(3)17-13)16-8-12-9-20(4)19-10(12)2/h7,9H,5-6,8H2,1-4H3,(H2,15,16,17,18). The summed E-state index contributed by atoms with van der Waals surface area (Å²) in [6.07, 6.45) is 3.09. The van der Waals surface area contributed by atoms with Gasteiger partial charge in [0.05, 0.1) is 5.69 Å². The van der Waals surface area contributed by atoms with Crippen molar-refractivity contribution in [1.29, 1.82) is 0 Å². The van der Waals surface area contributed by atoms with Crippen molar-refractivity contribution in [3.63, 3.8) is 0 Å². The Labute approximate surface area is 119 Å². The van der Waals surface area contributed by atoms with Crippen molar-refractivity contribution in [2.24, 2.45) is 7.05 Å². The molecule has 6 nitrogen and oxygen atoms in total. The van der Waals surface area contributed by atoms with Crippen molar-refractivity contribution in [2.45, 2.75) is 33.7 Å². The van der Waals surface area contributed by atoms with Gasteiger partial charge in [0.1, 0.15) is 17.5 Å². The van der Waals surface area contributed by atoms with Crippen LogP contribution in [0.5, 0.6) is 0 Å². The number of aryl methyl sites for hydroxylation is 3. The van der Waals surface area contributed by atoms with Crippen LogP contribution in [0.2, 0.25) is 0 Å². The molecule has 0 amide bonds. The third-order valence-electron chi connectivity index (χ3n) is 2.97. The van der Waals surface area contributed by atoms with Gasteiger partial charge < -0.3 is 10.6 Å². The number of aromatic nitrogens is 4. The third-order valence-corrected chi connectivity index (χ3v) is 2.97. The lowest BCUT2D eigenvalue weighted by molar-refractivity contribution is 0.756. The molecule has 6 heteroatoms. The topological polar surface area (TPSA) is 67.7 Å². The SMILES string of the molecule is CCCNc1cc(NCc2cn(C)nc2C)nc(C)n1. The van der Waals surface area contributed by atoms with Gasteiger partial charge >= 0.3 is 0 Å². The van der Waals surface area contributed by atoms with Crippen LogP contribution in [0.25, 0.3) is 0 Å². The fraction of sp³-hybridized carbons (Fsp3) is 0.500. The molecule has 0 aromatic carbocycles. The van der Waals surface area contributed by atoms with Gasteiger partial charge in [0.15, 0.2) is 0 Å². The highest BCUT2D eigenvalue weighted by Crippen LogP contribution is 2.13. The van der Waals surface area contributed by atoms with E-state index in [0.717, 1.165) is 36.1 Å². The van der Waals surface area contributed by atoms with E-state index in [9.17, 15) is 0 Å². The minimum atomic E-state index is 0.712. The quantitative estimate of drug-likeness (QED) is 0.845. The predicted octanol–water partition coefficient (Wildman–Crippen LogP) is 2.26. The molecule has 0 aliphatic rings. The van der Waals surface area contributed by atoms with Crippen molar-refractivity contribution in [3.8, 4) is 0 Å². The second-order valence-electron chi connectivity index (χ2n) is 4.88. The summed E-state index contributed by atoms with van der Waals surface area (Å²) < 4.78 is 1.83. The summed E-state index contributed by atoms with van der Waals surface area (Å²) in [7, 11) is 1.93. The summed E-state index contributed by atoms with van der Waals surface area (Å²) in [5.74, 6) is 2.46. The van der Waals surface area contributed by atoms with E-state index in [2.05, 4.69) is 32.6 Å². The van der Waals surface area contributed by atoms with E-state index in [1.807, 2.05) is 37.8 Å². The molecule has 0 atom stereocenters. The minimum absolute atomic E-state index is 0.712. The summed E-state index contributed by atoms with van der Waals surface area (Å²) in [6, 6.07) is 1.94. The Kier molecular flexibility index (Phi) is 4.55. The summed E-state index contributed by atoms with van der Waals surface area (Å²) in [5.41, 5.74) is 2.21. The smallest absolute Gasteiger partial charge is 0.132 e. The summed E-state index contributed by atoms with van der Waals surface area (Å²) in [5, 5.41) is 10.9. The molecule has 0 saturated heterocycles. The van der Waals surface area contributed by atoms with Gasteiger partial charge in [-0.25, -0.2) is 9.97 Å². The van der Waals surface area contributed by atoms with E-state index < -0.39 is 0 Å². The van der Waals surface area contributed by atoms with E-state index in [1.54, 1.807) is 0 Å². The zero-order chi connectivity index (χ0) is 14.5. The van der Waals surface area contributed by atoms with Crippen LogP contribution in [0.4, 0.5) is 11.6 Å². The Hall–Kier alpha value is -2.11. The van der Waals surface area contributed by atoms with Gasteiger partial charge in [0.25, 0.3) is 0 Å². The van der Waals surface area contributed by atoms with Gasteiger partial charge in [-0.2, -0.15) is 5.10 Å². The Morgan fingerprint density at radius 3 is 2.45 bits per heavy atom. The largest absolute Gasteiger partial charge is 0.370 e. The Bertz CT molecular complexity index is 575. The number of rotatable bonds is 6. The van der Waals surface area contributed by atoms with Crippen molar-refractivity contribution in [3.05, 3.63) is 29.3 Å². The lowest BCUT2D eigenvalue weighted by atomic mass is 10.2. The maximum absolute atomic E-state index is 4.40. The number of anilines is 2. The average Bonchev–Trinajstić information content (AvgIpc) is 2.72. The molecule has 0 aliphatic carbocycles. The van der Waals surface area contributed by atoms with Gasteiger partial charge in [-0.1, -0.05) is 6.92 Å². The van der Waals surface area contributed by atoms with Crippen molar-refractivity contribution in [2.75, 3.05) is 17.2 Å². The highest BCUT2D eigenvalue weighted by atomic mass is 15.3. The predicted molar refractivity (Wildman–Crippen MR) is 80.8 cm³/mol. The van der Waals surface area contributed by atoms with Crippen LogP contribution in [-0.2, 0) is 13.6 Å². The first-order valence-electron chi connectivity index (χ1n) is 6.91. The Balaban J connectivity index is 2.05. The van der Waals surface area contributed by atoms with E-state index >= 15 is 0 Å². The van der Waals surface area contributed by atoms with Gasteiger partial charge in [-0.3, -0.25) is 4.68 Å². The molecule has 0 radical (unpaired) electrons. The number of hydrogen-bond acceptors (Lipinski definition) is 5. The van der Waals surface area contributed by atoms with E-state index in [1.165, 1.54) is 5.56 Å². The fourth-order valence-electron chi connectivity index (χ4n) is 2.01. The van der Waals surface area contributed by atoms with Crippen LogP contribution in [0.3, 0.4) is 0 Å². The maximum Gasteiger partial charge on any atom is 0.132 e. The van der Waals surface area contributed by atoms with Crippen molar-refractivity contribution in [1.82, 2.24) is 19.7 Å². The van der Waals surface area contributed by atoms with Gasteiger partial charge in [-0.05, 0) is 20.3 Å². The minimum Gasteiger partial charge on any atom is -0.370 e. The van der Waals surface area contributed by atoms with Crippen LogP contribution in [0, 0.1) is 13.8 Å². The average molecular weight is 274 g/mol. The molecular formula is C14H22N6. The molecule has 2 aromatic rings. The van der Waals surface area contributed by atoms with Crippen LogP contribution in [-0.4, -0.2) is 26.3 Å². The molecule has 2 rings (SSSR count). The lowest BCUT2D eigenvalue weighted by Gasteiger charge is -2.09. The first kappa shape index (κ1) is 14.3. The lowest BCUT2D eigenvalue weighted by Crippen LogP contribution is -2.07. The van der Waals surface area contributed by atoms with E-state index in [-0.39, 0.29) is 0 Å². The molecule has 0 spiro atoms. The molecule has 0 unspecified atom stereocenters. The third kappa shape index (κ3) is 3.69. The van der Waals surface area contributed by atoms with Gasteiger partial charge in [0.2, 0.25) is 0 Å². The zero-order valence-corrected chi connectivity index (χ0v) is 12.6. The molecule has 0 fully saturated rings. The van der Waals surface area contributed by atoms with Crippen molar-refractivity contribution >= 4 is 11.6 Å². The molecule has 2 aromatic heterocycles. The van der Waals surface area contributed by atoms with Crippen molar-refractivity contribution < 1.29 is 0 Å². The van der Waals surface area contributed by atoms with Crippen LogP contribution in [0.15, 0.2) is 12.3 Å². The highest BCUT2D eigenvalue weighted by Gasteiger charge is 2.05. The van der Waals surface area contributed by atoms with E-state index in [4.69, 9.17) is 0 Å². The first-order valence-corrected chi connectivity index (χ1v) is 6.91. The second kappa shape index (κ2) is 6.36. The Morgan fingerprint density at radius 2 is 1.85 bits per heavy atom. The summed E-state index contributed by atoms with van der Waals surface area (Å²) in [4.78, 5) is 8.77. The van der Waals surface area contributed by atoms with E-state index in [0.29, 0.717) is 6.54 Å². The molecule has 108 valence electrons. The number of nitrogens with zero attached hydrogens (tertiary/aromatic N) is 4. The molecule has 0 bridgehead atoms. The molecule has 0 aliphatic heterocycles. The summed E-state index contributed by atoms with van der Waals surface area (Å²) >= 11 is 0. The highest BCUT2D eigenvalue weighted by molar-refractivity contribution is 5.47. The second-order valence-corrected chi connectivity index (χ2v) is 4.88. The van der Waals surface area contributed by atoms with Gasteiger partial charge in [-0.15, -0.1) is 0 Å². The molecule has 2 heterocycles. The molecule has 2 N–H and O–H groups in total. The molecule has 20 heavy (non-hydrogen) atoms. The fourth-order valence-corrected chi connectivity index (χ4v) is 2.01. The maximum atomic E-state index is 4.40. The monoisotopic (exact) mass is 274 g/mol. The van der Waals surface area contributed by atoms with Crippen LogP contribution < -0.4 is 10.6 Å². The summed E-state index contributed by atoms with van der Waals surface area (Å²) in [6.45, 7) is 7.67.